The molecule has 0 amide bonds. The number of carboxylic acids is 4. The van der Waals surface area contributed by atoms with Gasteiger partial charge in [-0.2, -0.15) is 0 Å². The van der Waals surface area contributed by atoms with E-state index in [1.165, 1.54) is 0 Å². The third-order valence-electron chi connectivity index (χ3n) is 2.17. The van der Waals surface area contributed by atoms with Crippen LogP contribution in [0, 0.1) is 0 Å². The first-order chi connectivity index (χ1) is 9.20. The van der Waals surface area contributed by atoms with Crippen LogP contribution in [0.3, 0.4) is 0 Å². The van der Waals surface area contributed by atoms with Gasteiger partial charge >= 0.3 is 23.9 Å². The Balaban J connectivity index is 0. The number of carbonyl (C=O) groups is 4. The van der Waals surface area contributed by atoms with E-state index in [9.17, 15) is 19.2 Å². The van der Waals surface area contributed by atoms with Crippen molar-refractivity contribution < 1.29 is 39.6 Å². The zero-order valence-corrected chi connectivity index (χ0v) is 15.7. The summed E-state index contributed by atoms with van der Waals surface area (Å²) in [5, 5.41) is 34.5. The Morgan fingerprint density at radius 1 is 0.571 bits per heavy atom. The summed E-state index contributed by atoms with van der Waals surface area (Å²) in [6.07, 6.45) is 0. The molecule has 0 fully saturated rings. The molecule has 4 N–H and O–H groups in total. The van der Waals surface area contributed by atoms with Crippen LogP contribution >= 0.6 is 0 Å². The van der Waals surface area contributed by atoms with Crippen LogP contribution in [0.1, 0.15) is 0 Å². The SMILES string of the molecule is O=C(O)CN(CCN(CC(=O)O)CC(=O)O)CC(=O)O.[Ba]. The van der Waals surface area contributed by atoms with Crippen LogP contribution in [-0.4, -0.2) is 142 Å². The van der Waals surface area contributed by atoms with Gasteiger partial charge in [0.2, 0.25) is 0 Å². The van der Waals surface area contributed by atoms with Crippen LogP contribution in [0.5, 0.6) is 0 Å². The maximum Gasteiger partial charge on any atom is 0.317 e. The van der Waals surface area contributed by atoms with Crippen molar-refractivity contribution in [2.45, 2.75) is 0 Å². The van der Waals surface area contributed by atoms with Gasteiger partial charge in [0.1, 0.15) is 0 Å². The molecule has 0 aromatic heterocycles. The van der Waals surface area contributed by atoms with Gasteiger partial charge in [0, 0.05) is 62.0 Å². The van der Waals surface area contributed by atoms with Crippen molar-refractivity contribution in [3.63, 3.8) is 0 Å². The van der Waals surface area contributed by atoms with E-state index in [-0.39, 0.29) is 62.0 Å². The summed E-state index contributed by atoms with van der Waals surface area (Å²) in [5.41, 5.74) is 0. The van der Waals surface area contributed by atoms with Gasteiger partial charge in [0.25, 0.3) is 0 Å². The molecular formula is C10H16BaN2O8. The number of nitrogens with zero attached hydrogens (tertiary/aromatic N) is 2. The van der Waals surface area contributed by atoms with E-state index in [2.05, 4.69) is 0 Å². The van der Waals surface area contributed by atoms with Crippen molar-refractivity contribution in [2.75, 3.05) is 39.3 Å². The van der Waals surface area contributed by atoms with Crippen LogP contribution in [0.25, 0.3) is 0 Å². The van der Waals surface area contributed by atoms with E-state index < -0.39 is 50.1 Å². The molecule has 0 aliphatic carbocycles. The van der Waals surface area contributed by atoms with Crippen LogP contribution in [-0.2, 0) is 19.2 Å². The largest absolute Gasteiger partial charge is 0.480 e. The molecule has 0 heterocycles. The second-order valence-corrected chi connectivity index (χ2v) is 4.00. The summed E-state index contributed by atoms with van der Waals surface area (Å²) in [6, 6.07) is 0. The summed E-state index contributed by atoms with van der Waals surface area (Å²) < 4.78 is 0. The fourth-order valence-electron chi connectivity index (χ4n) is 1.48. The average molecular weight is 430 g/mol. The third-order valence-corrected chi connectivity index (χ3v) is 2.17. The van der Waals surface area contributed by atoms with Gasteiger partial charge in [-0.25, -0.2) is 0 Å². The molecule has 116 valence electrons. The minimum Gasteiger partial charge on any atom is -0.480 e. The van der Waals surface area contributed by atoms with E-state index in [0.717, 1.165) is 9.80 Å². The van der Waals surface area contributed by atoms with Gasteiger partial charge in [0.15, 0.2) is 0 Å². The van der Waals surface area contributed by atoms with Crippen molar-refractivity contribution in [3.8, 4) is 0 Å². The van der Waals surface area contributed by atoms with Gasteiger partial charge in [0.05, 0.1) is 26.2 Å². The Morgan fingerprint density at radius 2 is 0.762 bits per heavy atom. The topological polar surface area (TPSA) is 156 Å². The van der Waals surface area contributed by atoms with Gasteiger partial charge in [-0.1, -0.05) is 0 Å². The maximum absolute atomic E-state index is 10.6. The van der Waals surface area contributed by atoms with Gasteiger partial charge in [-0.05, 0) is 0 Å². The number of hydrogen-bond acceptors (Lipinski definition) is 6. The zero-order chi connectivity index (χ0) is 15.7. The van der Waals surface area contributed by atoms with Crippen molar-refractivity contribution >= 4 is 72.8 Å². The van der Waals surface area contributed by atoms with E-state index in [4.69, 9.17) is 20.4 Å². The molecule has 0 aliphatic heterocycles. The molecule has 0 saturated carbocycles. The predicted octanol–water partition coefficient (Wildman–Crippen LogP) is -2.45. The van der Waals surface area contributed by atoms with Gasteiger partial charge < -0.3 is 20.4 Å². The fraction of sp³-hybridized carbons (Fsp3) is 0.600. The molecule has 2 radical (unpaired) electrons. The summed E-state index contributed by atoms with van der Waals surface area (Å²) in [5.74, 6) is -4.91. The average Bonchev–Trinajstić information content (AvgIpc) is 2.22. The van der Waals surface area contributed by atoms with Crippen LogP contribution in [0.4, 0.5) is 0 Å². The molecule has 0 unspecified atom stereocenters. The molecule has 0 atom stereocenters. The van der Waals surface area contributed by atoms with E-state index in [0.29, 0.717) is 0 Å². The Labute approximate surface area is 160 Å². The van der Waals surface area contributed by atoms with E-state index in [1.807, 2.05) is 0 Å². The minimum absolute atomic E-state index is 0. The summed E-state index contributed by atoms with van der Waals surface area (Å²) >= 11 is 0. The first-order valence-electron chi connectivity index (χ1n) is 5.52. The number of rotatable bonds is 11. The van der Waals surface area contributed by atoms with E-state index >= 15 is 0 Å². The van der Waals surface area contributed by atoms with Crippen molar-refractivity contribution in [1.29, 1.82) is 0 Å². The van der Waals surface area contributed by atoms with Crippen molar-refractivity contribution in [1.82, 2.24) is 9.80 Å². The zero-order valence-electron chi connectivity index (χ0n) is 11.3. The quantitative estimate of drug-likeness (QED) is 0.260. The third kappa shape index (κ3) is 14.1. The second-order valence-electron chi connectivity index (χ2n) is 4.00. The minimum atomic E-state index is -1.23. The Morgan fingerprint density at radius 3 is 0.905 bits per heavy atom. The molecule has 21 heavy (non-hydrogen) atoms. The Kier molecular flexibility index (Phi) is 12.9. The van der Waals surface area contributed by atoms with Gasteiger partial charge in [-0.15, -0.1) is 0 Å². The molecule has 0 saturated heterocycles. The van der Waals surface area contributed by atoms with Crippen molar-refractivity contribution in [3.05, 3.63) is 0 Å². The Bertz CT molecular complexity index is 321. The molecule has 0 aromatic carbocycles. The number of carboxylic acid groups (broad SMARTS) is 4. The fourth-order valence-corrected chi connectivity index (χ4v) is 1.48. The molecule has 0 rings (SSSR count). The first-order valence-corrected chi connectivity index (χ1v) is 5.52. The molecule has 0 bridgehead atoms. The summed E-state index contributed by atoms with van der Waals surface area (Å²) in [6.45, 7) is -2.25. The normalized spacial score (nSPS) is 10.2. The smallest absolute Gasteiger partial charge is 0.317 e. The Hall–Kier alpha value is -0.629. The maximum atomic E-state index is 10.6. The van der Waals surface area contributed by atoms with Crippen LogP contribution < -0.4 is 0 Å². The summed E-state index contributed by atoms with van der Waals surface area (Å²) in [4.78, 5) is 44.4. The molecule has 0 aromatic rings. The molecule has 10 nitrogen and oxygen atoms in total. The van der Waals surface area contributed by atoms with Gasteiger partial charge in [-0.3, -0.25) is 29.0 Å². The standard InChI is InChI=1S/C10H16N2O8.Ba/c13-7(14)3-11(4-8(15)16)1-2-12(5-9(17)18)6-10(19)20;/h1-6H2,(H,13,14)(H,15,16)(H,17,18)(H,19,20);. The van der Waals surface area contributed by atoms with E-state index in [1.54, 1.807) is 0 Å². The van der Waals surface area contributed by atoms with Crippen LogP contribution in [0.15, 0.2) is 0 Å². The molecular weight excluding hydrogens is 413 g/mol. The van der Waals surface area contributed by atoms with Crippen LogP contribution in [0.2, 0.25) is 0 Å². The second kappa shape index (κ2) is 12.0. The monoisotopic (exact) mass is 430 g/mol. The van der Waals surface area contributed by atoms with Crippen molar-refractivity contribution in [2.24, 2.45) is 0 Å². The predicted molar refractivity (Wildman–Crippen MR) is 69.2 cm³/mol. The molecule has 0 spiro atoms. The molecule has 11 heteroatoms. The number of aliphatic carboxylic acids is 4. The molecule has 0 aliphatic rings. The summed E-state index contributed by atoms with van der Waals surface area (Å²) in [7, 11) is 0. The first kappa shape index (κ1) is 22.6. The number of hydrogen-bond donors (Lipinski definition) is 4.